The minimum Gasteiger partial charge on any atom is -0.507 e. The largest absolute Gasteiger partial charge is 0.507 e. The van der Waals surface area contributed by atoms with E-state index in [1.807, 2.05) is 6.92 Å². The van der Waals surface area contributed by atoms with Gasteiger partial charge in [-0.25, -0.2) is 0 Å². The molecule has 1 aromatic rings. The number of aromatic hydroxyl groups is 2. The number of ketones is 2. The summed E-state index contributed by atoms with van der Waals surface area (Å²) in [6.45, 7) is 3.98. The van der Waals surface area contributed by atoms with Crippen LogP contribution in [0, 0.1) is 11.8 Å². The molecule has 7 heteroatoms. The zero-order chi connectivity index (χ0) is 17.6. The molecular weight excluding hydrogens is 316 g/mol. The molecule has 0 amide bonds. The fraction of sp³-hybridized carbons (Fsp3) is 0.529. The lowest BCUT2D eigenvalue weighted by molar-refractivity contribution is -0.255. The molecule has 7 nitrogen and oxygen atoms in total. The highest BCUT2D eigenvalue weighted by Crippen LogP contribution is 2.48. The van der Waals surface area contributed by atoms with Gasteiger partial charge in [-0.05, 0) is 13.8 Å². The van der Waals surface area contributed by atoms with Gasteiger partial charge >= 0.3 is 0 Å². The minimum absolute atomic E-state index is 0.0252. The smallest absolute Gasteiger partial charge is 0.173 e. The van der Waals surface area contributed by atoms with Crippen molar-refractivity contribution in [2.24, 2.45) is 11.8 Å². The summed E-state index contributed by atoms with van der Waals surface area (Å²) in [5.41, 5.74) is -0.345. The van der Waals surface area contributed by atoms with Crippen molar-refractivity contribution in [3.8, 4) is 17.2 Å². The topological polar surface area (TPSA) is 102 Å². The number of hydrogen-bond donors (Lipinski definition) is 2. The second-order valence-corrected chi connectivity index (χ2v) is 6.22. The summed E-state index contributed by atoms with van der Waals surface area (Å²) in [5.74, 6) is -4.00. The molecule has 0 saturated carbocycles. The molecule has 1 fully saturated rings. The number of fused-ring (bicyclic) bond motifs is 2. The Kier molecular flexibility index (Phi) is 4.01. The third kappa shape index (κ3) is 2.35. The quantitative estimate of drug-likeness (QED) is 0.813. The van der Waals surface area contributed by atoms with Gasteiger partial charge in [0.05, 0.1) is 30.8 Å². The Morgan fingerprint density at radius 3 is 2.54 bits per heavy atom. The molecule has 130 valence electrons. The van der Waals surface area contributed by atoms with Gasteiger partial charge in [-0.2, -0.15) is 0 Å². The van der Waals surface area contributed by atoms with Crippen LogP contribution in [0.3, 0.4) is 0 Å². The van der Waals surface area contributed by atoms with Crippen molar-refractivity contribution in [1.82, 2.24) is 0 Å². The molecule has 3 rings (SSSR count). The van der Waals surface area contributed by atoms with Gasteiger partial charge in [0.15, 0.2) is 28.9 Å². The molecule has 0 unspecified atom stereocenters. The number of phenols is 2. The molecule has 0 bridgehead atoms. The van der Waals surface area contributed by atoms with Crippen LogP contribution in [-0.2, 0) is 9.47 Å². The predicted octanol–water partition coefficient (Wildman–Crippen LogP) is 1.89. The lowest BCUT2D eigenvalue weighted by atomic mass is 9.70. The number of hydrogen-bond acceptors (Lipinski definition) is 7. The maximum absolute atomic E-state index is 12.9. The highest BCUT2D eigenvalue weighted by Gasteiger charge is 2.51. The van der Waals surface area contributed by atoms with Crippen LogP contribution >= 0.6 is 0 Å². The van der Waals surface area contributed by atoms with E-state index in [9.17, 15) is 19.8 Å². The number of Topliss-reactive ketones (excluding diaryl/α,β-unsaturated/α-hetero) is 2. The average Bonchev–Trinajstić information content (AvgIpc) is 2.54. The van der Waals surface area contributed by atoms with Gasteiger partial charge in [0.2, 0.25) is 0 Å². The number of phenolic OH excluding ortho intramolecular Hbond substituents is 2. The van der Waals surface area contributed by atoms with Crippen molar-refractivity contribution in [1.29, 1.82) is 0 Å². The third-order valence-corrected chi connectivity index (χ3v) is 4.72. The van der Waals surface area contributed by atoms with E-state index in [1.165, 1.54) is 7.11 Å². The van der Waals surface area contributed by atoms with E-state index >= 15 is 0 Å². The van der Waals surface area contributed by atoms with Crippen molar-refractivity contribution < 1.29 is 34.0 Å². The Labute approximate surface area is 139 Å². The van der Waals surface area contributed by atoms with E-state index in [0.29, 0.717) is 6.61 Å². The minimum atomic E-state index is -0.958. The fourth-order valence-corrected chi connectivity index (χ4v) is 3.57. The molecule has 1 saturated heterocycles. The molecule has 1 heterocycles. The normalized spacial score (nSPS) is 29.1. The molecular formula is C17H20O7. The van der Waals surface area contributed by atoms with Crippen LogP contribution in [0.25, 0.3) is 0 Å². The van der Waals surface area contributed by atoms with E-state index in [2.05, 4.69) is 0 Å². The van der Waals surface area contributed by atoms with Crippen molar-refractivity contribution in [2.45, 2.75) is 26.1 Å². The Hall–Kier alpha value is -2.12. The summed E-state index contributed by atoms with van der Waals surface area (Å²) in [6, 6.07) is 1.13. The first-order valence-electron chi connectivity index (χ1n) is 7.82. The van der Waals surface area contributed by atoms with Crippen LogP contribution in [0.1, 0.15) is 41.0 Å². The number of carbonyl (C=O) groups is 2. The summed E-state index contributed by atoms with van der Waals surface area (Å²) < 4.78 is 16.2. The van der Waals surface area contributed by atoms with Crippen molar-refractivity contribution in [3.63, 3.8) is 0 Å². The summed E-state index contributed by atoms with van der Waals surface area (Å²) in [6.07, 6.45) is 0.201. The van der Waals surface area contributed by atoms with E-state index in [0.717, 1.165) is 6.07 Å². The number of rotatable bonds is 3. The molecule has 1 aromatic carbocycles. The zero-order valence-corrected chi connectivity index (χ0v) is 13.8. The third-order valence-electron chi connectivity index (χ3n) is 4.72. The maximum atomic E-state index is 12.9. The lowest BCUT2D eigenvalue weighted by Gasteiger charge is -2.43. The van der Waals surface area contributed by atoms with Crippen molar-refractivity contribution in [3.05, 3.63) is 17.2 Å². The van der Waals surface area contributed by atoms with Crippen molar-refractivity contribution in [2.75, 3.05) is 20.3 Å². The molecule has 0 aromatic heterocycles. The number of methoxy groups -OCH3 is 1. The number of carbonyl (C=O) groups excluding carboxylic acids is 2. The highest BCUT2D eigenvalue weighted by molar-refractivity contribution is 6.19. The molecule has 0 spiro atoms. The second kappa shape index (κ2) is 5.75. The standard InChI is InChI=1S/C17H20O7/c1-4-23-17(2)6-8-9(7-24-17)15(20)12-10(18)5-11(22-3)16(21)13(12)14(8)19/h5,8-9,18,21H,4,6-7H2,1-3H3/t8-,9+,17+/m1/s1. The molecule has 2 N–H and O–H groups in total. The monoisotopic (exact) mass is 336 g/mol. The van der Waals surface area contributed by atoms with Crippen LogP contribution in [0.2, 0.25) is 0 Å². The predicted molar refractivity (Wildman–Crippen MR) is 82.6 cm³/mol. The summed E-state index contributed by atoms with van der Waals surface area (Å²) in [5, 5.41) is 20.4. The highest BCUT2D eigenvalue weighted by atomic mass is 16.7. The van der Waals surface area contributed by atoms with Crippen LogP contribution < -0.4 is 4.74 Å². The average molecular weight is 336 g/mol. The Morgan fingerprint density at radius 1 is 1.25 bits per heavy atom. The van der Waals surface area contributed by atoms with Crippen LogP contribution in [0.4, 0.5) is 0 Å². The molecule has 2 aliphatic rings. The van der Waals surface area contributed by atoms with Gasteiger partial charge < -0.3 is 24.4 Å². The Morgan fingerprint density at radius 2 is 1.92 bits per heavy atom. The van der Waals surface area contributed by atoms with E-state index in [-0.39, 0.29) is 35.7 Å². The van der Waals surface area contributed by atoms with Gasteiger partial charge in [-0.3, -0.25) is 9.59 Å². The zero-order valence-electron chi connectivity index (χ0n) is 13.8. The summed E-state index contributed by atoms with van der Waals surface area (Å²) in [4.78, 5) is 25.7. The van der Waals surface area contributed by atoms with E-state index in [1.54, 1.807) is 6.92 Å². The second-order valence-electron chi connectivity index (χ2n) is 6.22. The first-order chi connectivity index (χ1) is 11.3. The maximum Gasteiger partial charge on any atom is 0.173 e. The number of benzene rings is 1. The number of ether oxygens (including phenoxy) is 3. The van der Waals surface area contributed by atoms with Gasteiger partial charge in [0, 0.05) is 25.0 Å². The summed E-state index contributed by atoms with van der Waals surface area (Å²) >= 11 is 0. The van der Waals surface area contributed by atoms with Crippen LogP contribution in [0.5, 0.6) is 17.2 Å². The van der Waals surface area contributed by atoms with Gasteiger partial charge in [-0.1, -0.05) is 0 Å². The SMILES string of the molecule is CCO[C@]1(C)C[C@H]2C(=O)c3c(O)c(OC)cc(O)c3C(=O)[C@H]2CO1. The van der Waals surface area contributed by atoms with Crippen molar-refractivity contribution >= 4 is 11.6 Å². The Bertz CT molecular complexity index is 711. The molecule has 0 radical (unpaired) electrons. The van der Waals surface area contributed by atoms with Gasteiger partial charge in [0.25, 0.3) is 0 Å². The summed E-state index contributed by atoms with van der Waals surface area (Å²) in [7, 11) is 1.30. The molecule has 24 heavy (non-hydrogen) atoms. The van der Waals surface area contributed by atoms with Crippen LogP contribution in [0.15, 0.2) is 6.07 Å². The first-order valence-corrected chi connectivity index (χ1v) is 7.82. The first kappa shape index (κ1) is 16.7. The van der Waals surface area contributed by atoms with Crippen LogP contribution in [-0.4, -0.2) is 47.9 Å². The molecule has 1 aliphatic heterocycles. The van der Waals surface area contributed by atoms with Gasteiger partial charge in [-0.15, -0.1) is 0 Å². The molecule has 3 atom stereocenters. The van der Waals surface area contributed by atoms with E-state index < -0.39 is 34.9 Å². The molecule has 1 aliphatic carbocycles. The fourth-order valence-electron chi connectivity index (χ4n) is 3.57. The van der Waals surface area contributed by atoms with E-state index in [4.69, 9.17) is 14.2 Å². The lowest BCUT2D eigenvalue weighted by Crippen LogP contribution is -2.51. The van der Waals surface area contributed by atoms with Gasteiger partial charge in [0.1, 0.15) is 5.75 Å². The Balaban J connectivity index is 2.10.